The number of hydrogen-bond acceptors (Lipinski definition) is 3. The van der Waals surface area contributed by atoms with Crippen LogP contribution in [-0.2, 0) is 5.75 Å². The molecule has 5 heteroatoms. The predicted molar refractivity (Wildman–Crippen MR) is 66.9 cm³/mol. The van der Waals surface area contributed by atoms with Gasteiger partial charge in [0.2, 0.25) is 5.88 Å². The molecule has 0 spiro atoms. The highest BCUT2D eigenvalue weighted by molar-refractivity contribution is 7.98. The normalized spacial score (nSPS) is 10.6. The van der Waals surface area contributed by atoms with Crippen molar-refractivity contribution in [1.29, 1.82) is 0 Å². The molecule has 0 saturated heterocycles. The van der Waals surface area contributed by atoms with Gasteiger partial charge in [0.05, 0.1) is 0 Å². The van der Waals surface area contributed by atoms with Crippen molar-refractivity contribution in [1.82, 2.24) is 4.98 Å². The van der Waals surface area contributed by atoms with Crippen molar-refractivity contribution in [3.8, 4) is 5.88 Å². The summed E-state index contributed by atoms with van der Waals surface area (Å²) in [4.78, 5) is 4.73. The van der Waals surface area contributed by atoms with Crippen LogP contribution >= 0.6 is 11.8 Å². The molecule has 94 valence electrons. The van der Waals surface area contributed by atoms with Crippen LogP contribution < -0.4 is 4.74 Å². The van der Waals surface area contributed by atoms with E-state index in [4.69, 9.17) is 0 Å². The Morgan fingerprint density at radius 2 is 1.89 bits per heavy atom. The summed E-state index contributed by atoms with van der Waals surface area (Å²) in [5.74, 6) is 0.756. The Kier molecular flexibility index (Phi) is 4.52. The minimum atomic E-state index is -2.83. The number of halogens is 2. The Bertz CT molecular complexity index is 476. The molecule has 2 aromatic rings. The molecule has 1 aromatic carbocycles. The highest BCUT2D eigenvalue weighted by atomic mass is 32.2. The van der Waals surface area contributed by atoms with Crippen LogP contribution in [0.5, 0.6) is 5.88 Å². The second-order valence-electron chi connectivity index (χ2n) is 3.48. The molecule has 1 heterocycles. The first-order valence-electron chi connectivity index (χ1n) is 5.31. The standard InChI is InChI=1S/C13H11F2NOS/c14-13(15)17-12-7-6-11(8-16-12)18-9-10-4-2-1-3-5-10/h1-8,13H,9H2. The van der Waals surface area contributed by atoms with Crippen LogP contribution in [0.25, 0.3) is 0 Å². The molecule has 0 aliphatic heterocycles. The summed E-state index contributed by atoms with van der Waals surface area (Å²) in [5, 5.41) is 0. The first kappa shape index (κ1) is 12.8. The molecule has 0 amide bonds. The first-order chi connectivity index (χ1) is 8.74. The minimum Gasteiger partial charge on any atom is -0.417 e. The van der Waals surface area contributed by atoms with Crippen molar-refractivity contribution < 1.29 is 13.5 Å². The molecular formula is C13H11F2NOS. The zero-order chi connectivity index (χ0) is 12.8. The highest BCUT2D eigenvalue weighted by Crippen LogP contribution is 2.23. The first-order valence-corrected chi connectivity index (χ1v) is 6.30. The Hall–Kier alpha value is -1.62. The molecule has 0 atom stereocenters. The van der Waals surface area contributed by atoms with E-state index < -0.39 is 6.61 Å². The molecule has 0 saturated carbocycles. The van der Waals surface area contributed by atoms with E-state index in [9.17, 15) is 8.78 Å². The summed E-state index contributed by atoms with van der Waals surface area (Å²) in [6.45, 7) is -2.83. The number of hydrogen-bond donors (Lipinski definition) is 0. The fraction of sp³-hybridized carbons (Fsp3) is 0.154. The maximum Gasteiger partial charge on any atom is 0.388 e. The quantitative estimate of drug-likeness (QED) is 0.765. The van der Waals surface area contributed by atoms with Crippen molar-refractivity contribution in [2.24, 2.45) is 0 Å². The maximum absolute atomic E-state index is 11.9. The summed E-state index contributed by atoms with van der Waals surface area (Å²) < 4.78 is 28.0. The van der Waals surface area contributed by atoms with Gasteiger partial charge in [0, 0.05) is 22.9 Å². The predicted octanol–water partition coefficient (Wildman–Crippen LogP) is 3.98. The van der Waals surface area contributed by atoms with Crippen LogP contribution in [-0.4, -0.2) is 11.6 Å². The van der Waals surface area contributed by atoms with Crippen molar-refractivity contribution >= 4 is 11.8 Å². The summed E-state index contributed by atoms with van der Waals surface area (Å²) in [7, 11) is 0. The summed E-state index contributed by atoms with van der Waals surface area (Å²) in [6.07, 6.45) is 1.53. The van der Waals surface area contributed by atoms with Crippen LogP contribution in [0.4, 0.5) is 8.78 Å². The SMILES string of the molecule is FC(F)Oc1ccc(SCc2ccccc2)cn1. The molecule has 2 nitrogen and oxygen atoms in total. The zero-order valence-electron chi connectivity index (χ0n) is 9.42. The fourth-order valence-electron chi connectivity index (χ4n) is 1.35. The number of alkyl halides is 2. The molecular weight excluding hydrogens is 256 g/mol. The third-order valence-electron chi connectivity index (χ3n) is 2.17. The van der Waals surface area contributed by atoms with E-state index in [2.05, 4.69) is 9.72 Å². The fourth-order valence-corrected chi connectivity index (χ4v) is 2.17. The van der Waals surface area contributed by atoms with E-state index in [1.807, 2.05) is 30.3 Å². The smallest absolute Gasteiger partial charge is 0.388 e. The van der Waals surface area contributed by atoms with E-state index in [1.54, 1.807) is 17.8 Å². The van der Waals surface area contributed by atoms with Gasteiger partial charge in [-0.2, -0.15) is 8.78 Å². The number of aromatic nitrogens is 1. The summed E-state index contributed by atoms with van der Waals surface area (Å²) >= 11 is 1.60. The van der Waals surface area contributed by atoms with Gasteiger partial charge in [0.1, 0.15) is 0 Å². The van der Waals surface area contributed by atoms with Gasteiger partial charge in [-0.05, 0) is 11.6 Å². The molecule has 0 N–H and O–H groups in total. The Labute approximate surface area is 108 Å². The van der Waals surface area contributed by atoms with Crippen molar-refractivity contribution in [2.75, 3.05) is 0 Å². The van der Waals surface area contributed by atoms with Gasteiger partial charge in [0.15, 0.2) is 0 Å². The van der Waals surface area contributed by atoms with E-state index in [0.29, 0.717) is 0 Å². The minimum absolute atomic E-state index is 0.0611. The van der Waals surface area contributed by atoms with Crippen molar-refractivity contribution in [3.63, 3.8) is 0 Å². The Balaban J connectivity index is 1.90. The zero-order valence-corrected chi connectivity index (χ0v) is 10.2. The average molecular weight is 267 g/mol. The van der Waals surface area contributed by atoms with Crippen LogP contribution in [0.3, 0.4) is 0 Å². The molecule has 0 unspecified atom stereocenters. The molecule has 0 radical (unpaired) electrons. The second kappa shape index (κ2) is 6.35. The van der Waals surface area contributed by atoms with Gasteiger partial charge in [0.25, 0.3) is 0 Å². The number of thioether (sulfide) groups is 1. The van der Waals surface area contributed by atoms with Crippen LogP contribution in [0.15, 0.2) is 53.6 Å². The lowest BCUT2D eigenvalue weighted by Crippen LogP contribution is -2.03. The van der Waals surface area contributed by atoms with Crippen molar-refractivity contribution in [3.05, 3.63) is 54.2 Å². The average Bonchev–Trinajstić information content (AvgIpc) is 2.38. The lowest BCUT2D eigenvalue weighted by molar-refractivity contribution is -0.0529. The van der Waals surface area contributed by atoms with Crippen molar-refractivity contribution in [2.45, 2.75) is 17.3 Å². The van der Waals surface area contributed by atoms with Crippen LogP contribution in [0.2, 0.25) is 0 Å². The summed E-state index contributed by atoms with van der Waals surface area (Å²) in [6, 6.07) is 13.2. The molecule has 0 aliphatic rings. The van der Waals surface area contributed by atoms with Gasteiger partial charge in [-0.15, -0.1) is 11.8 Å². The maximum atomic E-state index is 11.9. The Morgan fingerprint density at radius 1 is 1.11 bits per heavy atom. The number of rotatable bonds is 5. The van der Waals surface area contributed by atoms with Gasteiger partial charge in [-0.1, -0.05) is 30.3 Å². The van der Waals surface area contributed by atoms with E-state index >= 15 is 0 Å². The molecule has 1 aromatic heterocycles. The monoisotopic (exact) mass is 267 g/mol. The van der Waals surface area contributed by atoms with Gasteiger partial charge < -0.3 is 4.74 Å². The summed E-state index contributed by atoms with van der Waals surface area (Å²) in [5.41, 5.74) is 1.20. The highest BCUT2D eigenvalue weighted by Gasteiger charge is 2.05. The van der Waals surface area contributed by atoms with Gasteiger partial charge in [-0.25, -0.2) is 4.98 Å². The molecule has 18 heavy (non-hydrogen) atoms. The molecule has 0 bridgehead atoms. The number of ether oxygens (including phenoxy) is 1. The molecule has 0 fully saturated rings. The molecule has 0 aliphatic carbocycles. The van der Waals surface area contributed by atoms with E-state index in [0.717, 1.165) is 10.6 Å². The topological polar surface area (TPSA) is 22.1 Å². The van der Waals surface area contributed by atoms with Crippen LogP contribution in [0, 0.1) is 0 Å². The largest absolute Gasteiger partial charge is 0.417 e. The third-order valence-corrected chi connectivity index (χ3v) is 3.22. The lowest BCUT2D eigenvalue weighted by Gasteiger charge is -2.04. The third kappa shape index (κ3) is 4.00. The second-order valence-corrected chi connectivity index (χ2v) is 4.53. The van der Waals surface area contributed by atoms with Crippen LogP contribution in [0.1, 0.15) is 5.56 Å². The van der Waals surface area contributed by atoms with E-state index in [1.165, 1.54) is 17.8 Å². The van der Waals surface area contributed by atoms with Gasteiger partial charge >= 0.3 is 6.61 Å². The number of nitrogens with zero attached hydrogens (tertiary/aromatic N) is 1. The molecule has 2 rings (SSSR count). The lowest BCUT2D eigenvalue weighted by atomic mass is 10.2. The van der Waals surface area contributed by atoms with E-state index in [-0.39, 0.29) is 5.88 Å². The Morgan fingerprint density at radius 3 is 2.50 bits per heavy atom. The number of pyridine rings is 1. The van der Waals surface area contributed by atoms with Gasteiger partial charge in [-0.3, -0.25) is 0 Å². The number of benzene rings is 1.